The predicted molar refractivity (Wildman–Crippen MR) is 115 cm³/mol. The molecule has 1 unspecified atom stereocenters. The molecule has 1 N–H and O–H groups in total. The van der Waals surface area contributed by atoms with Gasteiger partial charge in [0.05, 0.1) is 11.6 Å². The Labute approximate surface area is 187 Å². The van der Waals surface area contributed by atoms with Gasteiger partial charge in [-0.15, -0.1) is 0 Å². The summed E-state index contributed by atoms with van der Waals surface area (Å²) in [6, 6.07) is 15.6. The van der Waals surface area contributed by atoms with Gasteiger partial charge in [0.1, 0.15) is 11.6 Å². The van der Waals surface area contributed by atoms with E-state index in [9.17, 15) is 19.1 Å². The van der Waals surface area contributed by atoms with Crippen molar-refractivity contribution in [3.63, 3.8) is 0 Å². The van der Waals surface area contributed by atoms with Crippen LogP contribution >= 0.6 is 11.6 Å². The largest absolute Gasteiger partial charge is 0.507 e. The van der Waals surface area contributed by atoms with E-state index in [0.717, 1.165) is 0 Å². The van der Waals surface area contributed by atoms with Crippen molar-refractivity contribution in [1.82, 2.24) is 0 Å². The van der Waals surface area contributed by atoms with Crippen molar-refractivity contribution in [2.24, 2.45) is 0 Å². The van der Waals surface area contributed by atoms with Crippen molar-refractivity contribution < 1.29 is 28.6 Å². The summed E-state index contributed by atoms with van der Waals surface area (Å²) in [4.78, 5) is 27.4. The molecular formula is C24H15ClFNO5. The van der Waals surface area contributed by atoms with Crippen LogP contribution in [0.1, 0.15) is 17.2 Å². The lowest BCUT2D eigenvalue weighted by molar-refractivity contribution is -0.132. The number of ether oxygens (including phenoxy) is 2. The highest BCUT2D eigenvalue weighted by atomic mass is 35.5. The van der Waals surface area contributed by atoms with Crippen LogP contribution in [-0.2, 0) is 9.59 Å². The Morgan fingerprint density at radius 3 is 2.38 bits per heavy atom. The molecule has 1 saturated heterocycles. The second-order valence-corrected chi connectivity index (χ2v) is 7.70. The molecule has 32 heavy (non-hydrogen) atoms. The molecule has 1 fully saturated rings. The Bertz CT molecular complexity index is 1270. The van der Waals surface area contributed by atoms with Gasteiger partial charge in [-0.05, 0) is 60.2 Å². The molecule has 2 aliphatic heterocycles. The average molecular weight is 452 g/mol. The number of Topliss-reactive ketones (excluding diaryl/α,β-unsaturated/α-hetero) is 1. The van der Waals surface area contributed by atoms with E-state index in [-0.39, 0.29) is 23.7 Å². The van der Waals surface area contributed by atoms with Gasteiger partial charge in [0.25, 0.3) is 11.7 Å². The first kappa shape index (κ1) is 20.1. The van der Waals surface area contributed by atoms with Gasteiger partial charge in [-0.3, -0.25) is 14.5 Å². The molecule has 160 valence electrons. The van der Waals surface area contributed by atoms with Gasteiger partial charge in [0, 0.05) is 16.3 Å². The summed E-state index contributed by atoms with van der Waals surface area (Å²) in [6.07, 6.45) is 0. The summed E-state index contributed by atoms with van der Waals surface area (Å²) in [5.41, 5.74) is 1.05. The average Bonchev–Trinajstić information content (AvgIpc) is 3.37. The van der Waals surface area contributed by atoms with E-state index >= 15 is 0 Å². The molecule has 6 nitrogen and oxygen atoms in total. The molecule has 3 aromatic rings. The van der Waals surface area contributed by atoms with Crippen molar-refractivity contribution in [3.05, 3.63) is 94.3 Å². The molecule has 0 aromatic heterocycles. The molecule has 0 bridgehead atoms. The van der Waals surface area contributed by atoms with Crippen molar-refractivity contribution in [1.29, 1.82) is 0 Å². The van der Waals surface area contributed by atoms with Crippen molar-refractivity contribution in [2.75, 3.05) is 11.7 Å². The summed E-state index contributed by atoms with van der Waals surface area (Å²) in [5.74, 6) is -1.58. The zero-order chi connectivity index (χ0) is 22.4. The number of nitrogens with zero attached hydrogens (tertiary/aromatic N) is 1. The zero-order valence-corrected chi connectivity index (χ0v) is 17.2. The lowest BCUT2D eigenvalue weighted by atomic mass is 9.95. The van der Waals surface area contributed by atoms with Gasteiger partial charge >= 0.3 is 0 Å². The number of aliphatic hydroxyl groups is 1. The first-order valence-electron chi connectivity index (χ1n) is 9.66. The van der Waals surface area contributed by atoms with Crippen LogP contribution in [-0.4, -0.2) is 23.6 Å². The number of carbonyl (C=O) groups excluding carboxylic acids is 2. The van der Waals surface area contributed by atoms with Crippen LogP contribution < -0.4 is 14.4 Å². The lowest BCUT2D eigenvalue weighted by Gasteiger charge is -2.25. The second kappa shape index (κ2) is 7.69. The van der Waals surface area contributed by atoms with Crippen LogP contribution in [0, 0.1) is 5.82 Å². The van der Waals surface area contributed by atoms with Gasteiger partial charge < -0.3 is 14.6 Å². The first-order chi connectivity index (χ1) is 15.4. The standard InChI is InChI=1S/C24H15ClFNO5/c25-15-4-8-17(9-5-15)27-21(13-1-6-16(26)7-2-13)20(23(29)24(27)30)22(28)14-3-10-18-19(11-14)32-12-31-18/h1-11,21,28H,12H2/b22-20-. The molecule has 0 aliphatic carbocycles. The molecule has 0 radical (unpaired) electrons. The van der Waals surface area contributed by atoms with Gasteiger partial charge in [-0.1, -0.05) is 23.7 Å². The summed E-state index contributed by atoms with van der Waals surface area (Å²) in [6.45, 7) is 0.0517. The molecular weight excluding hydrogens is 437 g/mol. The maximum atomic E-state index is 13.6. The molecule has 1 amide bonds. The van der Waals surface area contributed by atoms with Gasteiger partial charge in [-0.25, -0.2) is 4.39 Å². The van der Waals surface area contributed by atoms with E-state index in [1.807, 2.05) is 0 Å². The minimum absolute atomic E-state index is 0.0517. The number of rotatable bonds is 3. The first-order valence-corrected chi connectivity index (χ1v) is 10.0. The van der Waals surface area contributed by atoms with Crippen LogP contribution in [0.2, 0.25) is 5.02 Å². The highest BCUT2D eigenvalue weighted by Gasteiger charge is 2.47. The molecule has 3 aromatic carbocycles. The van der Waals surface area contributed by atoms with Gasteiger partial charge in [-0.2, -0.15) is 0 Å². The maximum Gasteiger partial charge on any atom is 0.300 e. The highest BCUT2D eigenvalue weighted by Crippen LogP contribution is 2.43. The molecule has 2 heterocycles. The molecule has 5 rings (SSSR count). The van der Waals surface area contributed by atoms with E-state index in [0.29, 0.717) is 27.8 Å². The number of carbonyl (C=O) groups is 2. The number of halogens is 2. The Hall–Kier alpha value is -3.84. The topological polar surface area (TPSA) is 76.1 Å². The van der Waals surface area contributed by atoms with E-state index in [4.69, 9.17) is 21.1 Å². The van der Waals surface area contributed by atoms with Crippen molar-refractivity contribution >= 4 is 34.7 Å². The van der Waals surface area contributed by atoms with Crippen molar-refractivity contribution in [2.45, 2.75) is 6.04 Å². The number of aliphatic hydroxyl groups excluding tert-OH is 1. The fourth-order valence-corrected chi connectivity index (χ4v) is 3.99. The Kier molecular flexibility index (Phi) is 4.83. The fraction of sp³-hybridized carbons (Fsp3) is 0.0833. The number of benzene rings is 3. The minimum atomic E-state index is -0.970. The molecule has 0 saturated carbocycles. The number of amides is 1. The normalized spacial score (nSPS) is 18.9. The molecule has 0 spiro atoms. The molecule has 2 aliphatic rings. The molecule has 1 atom stereocenters. The monoisotopic (exact) mass is 451 g/mol. The van der Waals surface area contributed by atoms with E-state index in [2.05, 4.69) is 0 Å². The number of fused-ring (bicyclic) bond motifs is 1. The van der Waals surface area contributed by atoms with Gasteiger partial charge in [0.2, 0.25) is 6.79 Å². The zero-order valence-electron chi connectivity index (χ0n) is 16.4. The third-order valence-electron chi connectivity index (χ3n) is 5.38. The second-order valence-electron chi connectivity index (χ2n) is 7.27. The van der Waals surface area contributed by atoms with Gasteiger partial charge in [0.15, 0.2) is 11.5 Å². The number of anilines is 1. The summed E-state index contributed by atoms with van der Waals surface area (Å²) in [5, 5.41) is 11.6. The summed E-state index contributed by atoms with van der Waals surface area (Å²) < 4.78 is 24.2. The minimum Gasteiger partial charge on any atom is -0.507 e. The third-order valence-corrected chi connectivity index (χ3v) is 5.63. The number of ketones is 1. The predicted octanol–water partition coefficient (Wildman–Crippen LogP) is 4.83. The smallest absolute Gasteiger partial charge is 0.300 e. The highest BCUT2D eigenvalue weighted by molar-refractivity contribution is 6.51. The maximum absolute atomic E-state index is 13.6. The Balaban J connectivity index is 1.70. The molecule has 8 heteroatoms. The summed E-state index contributed by atoms with van der Waals surface area (Å²) in [7, 11) is 0. The van der Waals surface area contributed by atoms with Crippen LogP contribution in [0.15, 0.2) is 72.3 Å². The van der Waals surface area contributed by atoms with Crippen LogP contribution in [0.4, 0.5) is 10.1 Å². The lowest BCUT2D eigenvalue weighted by Crippen LogP contribution is -2.29. The van der Waals surface area contributed by atoms with E-state index < -0.39 is 23.5 Å². The van der Waals surface area contributed by atoms with Crippen LogP contribution in [0.25, 0.3) is 5.76 Å². The van der Waals surface area contributed by atoms with Crippen molar-refractivity contribution in [3.8, 4) is 11.5 Å². The number of hydrogen-bond acceptors (Lipinski definition) is 5. The third kappa shape index (κ3) is 3.27. The Morgan fingerprint density at radius 2 is 1.66 bits per heavy atom. The van der Waals surface area contributed by atoms with Crippen LogP contribution in [0.3, 0.4) is 0 Å². The summed E-state index contributed by atoms with van der Waals surface area (Å²) >= 11 is 5.98. The van der Waals surface area contributed by atoms with Crippen LogP contribution in [0.5, 0.6) is 11.5 Å². The quantitative estimate of drug-likeness (QED) is 0.350. The Morgan fingerprint density at radius 1 is 0.969 bits per heavy atom. The van der Waals surface area contributed by atoms with E-state index in [1.54, 1.807) is 36.4 Å². The van der Waals surface area contributed by atoms with E-state index in [1.165, 1.54) is 35.2 Å². The number of hydrogen-bond donors (Lipinski definition) is 1. The fourth-order valence-electron chi connectivity index (χ4n) is 3.86. The SMILES string of the molecule is O=C1C(=O)N(c2ccc(Cl)cc2)C(c2ccc(F)cc2)/C1=C(/O)c1ccc2c(c1)OCO2.